The van der Waals surface area contributed by atoms with Crippen LogP contribution in [0.4, 0.5) is 5.69 Å². The molecule has 5 nitrogen and oxygen atoms in total. The third-order valence-electron chi connectivity index (χ3n) is 2.72. The summed E-state index contributed by atoms with van der Waals surface area (Å²) in [7, 11) is 0. The molecular weight excluding hydrogens is 456 g/mol. The number of nitrogens with one attached hydrogen (secondary N) is 1. The molecule has 0 unspecified atom stereocenters. The molecule has 120 valence electrons. The van der Waals surface area contributed by atoms with Gasteiger partial charge in [0.2, 0.25) is 0 Å². The van der Waals surface area contributed by atoms with Crippen LogP contribution in [-0.2, 0) is 9.53 Å². The maximum absolute atomic E-state index is 11.9. The largest absolute Gasteiger partial charge is 0.507 e. The minimum Gasteiger partial charge on any atom is -0.507 e. The van der Waals surface area contributed by atoms with E-state index < -0.39 is 18.5 Å². The minimum atomic E-state index is -0.798. The van der Waals surface area contributed by atoms with Crippen molar-refractivity contribution in [1.29, 1.82) is 0 Å². The molecule has 0 bridgehead atoms. The van der Waals surface area contributed by atoms with Crippen molar-refractivity contribution in [2.45, 2.75) is 0 Å². The van der Waals surface area contributed by atoms with Crippen LogP contribution >= 0.6 is 45.8 Å². The average Bonchev–Trinajstić information content (AvgIpc) is 2.51. The molecule has 0 saturated carbocycles. The van der Waals surface area contributed by atoms with E-state index in [1.54, 1.807) is 12.1 Å². The number of amides is 1. The number of esters is 1. The van der Waals surface area contributed by atoms with Gasteiger partial charge in [0.05, 0.1) is 10.7 Å². The van der Waals surface area contributed by atoms with Gasteiger partial charge in [0.15, 0.2) is 6.61 Å². The first kappa shape index (κ1) is 17.8. The molecule has 0 saturated heterocycles. The first-order chi connectivity index (χ1) is 10.9. The van der Waals surface area contributed by atoms with Gasteiger partial charge in [0.1, 0.15) is 11.3 Å². The van der Waals surface area contributed by atoms with Crippen molar-refractivity contribution in [2.75, 3.05) is 11.9 Å². The van der Waals surface area contributed by atoms with Crippen LogP contribution in [-0.4, -0.2) is 23.6 Å². The van der Waals surface area contributed by atoms with Crippen LogP contribution in [0.15, 0.2) is 36.4 Å². The molecule has 0 spiro atoms. The van der Waals surface area contributed by atoms with Crippen LogP contribution in [0.3, 0.4) is 0 Å². The number of phenolic OH excluding ortho intramolecular Hbond substituents is 1. The Kier molecular flexibility index (Phi) is 6.09. The van der Waals surface area contributed by atoms with Gasteiger partial charge in [-0.2, -0.15) is 0 Å². The van der Waals surface area contributed by atoms with E-state index >= 15 is 0 Å². The summed E-state index contributed by atoms with van der Waals surface area (Å²) in [5.41, 5.74) is 0.308. The quantitative estimate of drug-likeness (QED) is 0.526. The molecule has 8 heteroatoms. The normalized spacial score (nSPS) is 10.2. The number of hydrogen-bond donors (Lipinski definition) is 2. The summed E-state index contributed by atoms with van der Waals surface area (Å²) >= 11 is 13.7. The predicted molar refractivity (Wildman–Crippen MR) is 96.2 cm³/mol. The summed E-state index contributed by atoms with van der Waals surface area (Å²) in [6.45, 7) is -0.521. The zero-order valence-corrected chi connectivity index (χ0v) is 15.1. The second-order valence-corrected chi connectivity index (χ2v) is 6.50. The molecule has 0 aromatic heterocycles. The Labute approximate surface area is 155 Å². The molecule has 2 aromatic rings. The lowest BCUT2D eigenvalue weighted by Gasteiger charge is -2.09. The first-order valence-electron chi connectivity index (χ1n) is 6.27. The smallest absolute Gasteiger partial charge is 0.342 e. The molecule has 0 heterocycles. The Morgan fingerprint density at radius 3 is 2.65 bits per heavy atom. The van der Waals surface area contributed by atoms with Crippen molar-refractivity contribution in [3.05, 3.63) is 55.6 Å². The van der Waals surface area contributed by atoms with E-state index in [9.17, 15) is 14.7 Å². The third-order valence-corrected chi connectivity index (χ3v) is 3.95. The third kappa shape index (κ3) is 4.98. The summed E-state index contributed by atoms with van der Waals surface area (Å²) in [6.07, 6.45) is 0. The fraction of sp³-hybridized carbons (Fsp3) is 0.0667. The van der Waals surface area contributed by atoms with Crippen LogP contribution in [0.5, 0.6) is 5.75 Å². The Hall–Kier alpha value is -1.51. The number of carbonyl (C=O) groups excluding carboxylic acids is 2. The Bertz CT molecular complexity index is 767. The predicted octanol–water partition coefficient (Wildman–Crippen LogP) is 4.10. The lowest BCUT2D eigenvalue weighted by molar-refractivity contribution is -0.119. The summed E-state index contributed by atoms with van der Waals surface area (Å²) < 4.78 is 5.63. The fourth-order valence-corrected chi connectivity index (χ4v) is 2.49. The molecule has 1 amide bonds. The van der Waals surface area contributed by atoms with Gasteiger partial charge in [0.25, 0.3) is 5.91 Å². The van der Waals surface area contributed by atoms with Crippen LogP contribution in [0, 0.1) is 3.57 Å². The van der Waals surface area contributed by atoms with Gasteiger partial charge in [-0.1, -0.05) is 23.2 Å². The van der Waals surface area contributed by atoms with Gasteiger partial charge in [-0.3, -0.25) is 4.79 Å². The second kappa shape index (κ2) is 7.85. The Balaban J connectivity index is 1.97. The topological polar surface area (TPSA) is 75.6 Å². The summed E-state index contributed by atoms with van der Waals surface area (Å²) in [4.78, 5) is 23.7. The van der Waals surface area contributed by atoms with Gasteiger partial charge < -0.3 is 15.2 Å². The number of rotatable bonds is 4. The van der Waals surface area contributed by atoms with E-state index in [4.69, 9.17) is 27.9 Å². The number of carbonyl (C=O) groups is 2. The number of hydrogen-bond acceptors (Lipinski definition) is 4. The van der Waals surface area contributed by atoms with Crippen molar-refractivity contribution in [2.24, 2.45) is 0 Å². The summed E-state index contributed by atoms with van der Waals surface area (Å²) in [5.74, 6) is -1.59. The minimum absolute atomic E-state index is 0.00881. The lowest BCUT2D eigenvalue weighted by Crippen LogP contribution is -2.21. The average molecular weight is 466 g/mol. The highest BCUT2D eigenvalue weighted by Crippen LogP contribution is 2.25. The number of phenols is 1. The molecular formula is C15H10Cl2INO4. The van der Waals surface area contributed by atoms with Gasteiger partial charge in [-0.05, 0) is 59.0 Å². The number of ether oxygens (including phenoxy) is 1. The first-order valence-corrected chi connectivity index (χ1v) is 8.11. The number of halogens is 3. The van der Waals surface area contributed by atoms with Crippen molar-refractivity contribution in [3.63, 3.8) is 0 Å². The molecule has 0 fully saturated rings. The Morgan fingerprint density at radius 2 is 1.91 bits per heavy atom. The molecule has 2 rings (SSSR count). The summed E-state index contributed by atoms with van der Waals surface area (Å²) in [6, 6.07) is 9.08. The molecule has 0 aliphatic rings. The molecule has 23 heavy (non-hydrogen) atoms. The molecule has 2 aromatic carbocycles. The van der Waals surface area contributed by atoms with Crippen LogP contribution in [0.2, 0.25) is 10.0 Å². The van der Waals surface area contributed by atoms with Gasteiger partial charge >= 0.3 is 5.97 Å². The number of benzene rings is 2. The van der Waals surface area contributed by atoms with Crippen molar-refractivity contribution in [3.8, 4) is 5.75 Å². The van der Waals surface area contributed by atoms with E-state index in [0.29, 0.717) is 15.7 Å². The lowest BCUT2D eigenvalue weighted by atomic mass is 10.2. The van der Waals surface area contributed by atoms with Crippen LogP contribution < -0.4 is 5.32 Å². The summed E-state index contributed by atoms with van der Waals surface area (Å²) in [5, 5.41) is 12.8. The highest BCUT2D eigenvalue weighted by atomic mass is 127. The van der Waals surface area contributed by atoms with E-state index in [1.165, 1.54) is 24.3 Å². The second-order valence-electron chi connectivity index (χ2n) is 4.41. The SMILES string of the molecule is O=C(COC(=O)c1cc(I)ccc1O)Nc1cc(Cl)ccc1Cl. The van der Waals surface area contributed by atoms with Gasteiger partial charge in [-0.15, -0.1) is 0 Å². The van der Waals surface area contributed by atoms with E-state index in [-0.39, 0.29) is 11.3 Å². The van der Waals surface area contributed by atoms with E-state index in [1.807, 2.05) is 22.6 Å². The molecule has 0 aliphatic carbocycles. The maximum atomic E-state index is 11.9. The van der Waals surface area contributed by atoms with Crippen LogP contribution in [0.25, 0.3) is 0 Å². The van der Waals surface area contributed by atoms with Gasteiger partial charge in [-0.25, -0.2) is 4.79 Å². The van der Waals surface area contributed by atoms with Crippen LogP contribution in [0.1, 0.15) is 10.4 Å². The number of anilines is 1. The molecule has 2 N–H and O–H groups in total. The fourth-order valence-electron chi connectivity index (χ4n) is 1.66. The van der Waals surface area contributed by atoms with Gasteiger partial charge in [0, 0.05) is 8.59 Å². The highest BCUT2D eigenvalue weighted by Gasteiger charge is 2.15. The van der Waals surface area contributed by atoms with Crippen molar-refractivity contribution >= 4 is 63.4 Å². The van der Waals surface area contributed by atoms with Crippen molar-refractivity contribution in [1.82, 2.24) is 0 Å². The Morgan fingerprint density at radius 1 is 1.17 bits per heavy atom. The molecule has 0 radical (unpaired) electrons. The maximum Gasteiger partial charge on any atom is 0.342 e. The van der Waals surface area contributed by atoms with Crippen molar-refractivity contribution < 1.29 is 19.4 Å². The standard InChI is InChI=1S/C15H10Cl2INO4/c16-8-1-3-11(17)12(5-8)19-14(21)7-23-15(22)10-6-9(18)2-4-13(10)20/h1-6,20H,7H2,(H,19,21). The molecule has 0 aliphatic heterocycles. The monoisotopic (exact) mass is 465 g/mol. The van der Waals surface area contributed by atoms with E-state index in [2.05, 4.69) is 5.32 Å². The zero-order valence-electron chi connectivity index (χ0n) is 11.5. The molecule has 0 atom stereocenters. The zero-order chi connectivity index (χ0) is 17.0. The van der Waals surface area contributed by atoms with E-state index in [0.717, 1.165) is 3.57 Å². The number of aromatic hydroxyl groups is 1. The highest BCUT2D eigenvalue weighted by molar-refractivity contribution is 14.1.